The van der Waals surface area contributed by atoms with E-state index in [1.807, 2.05) is 30.3 Å². The predicted molar refractivity (Wildman–Crippen MR) is 51.5 cm³/mol. The minimum Gasteiger partial charge on any atom is -0.285 e. The molecule has 0 heterocycles. The van der Waals surface area contributed by atoms with E-state index >= 15 is 0 Å². The van der Waals surface area contributed by atoms with Crippen LogP contribution in [0.1, 0.15) is 5.56 Å². The second-order valence-corrected chi connectivity index (χ2v) is 3.02. The van der Waals surface area contributed by atoms with Crippen LogP contribution in [0.5, 0.6) is 0 Å². The SMILES string of the molecule is Cc1c(-c2ccccc2)c(=O)c1=O. The molecule has 0 atom stereocenters. The molecule has 0 saturated carbocycles. The summed E-state index contributed by atoms with van der Waals surface area (Å²) in [4.78, 5) is 22.1. The van der Waals surface area contributed by atoms with Crippen molar-refractivity contribution in [3.63, 3.8) is 0 Å². The van der Waals surface area contributed by atoms with Crippen molar-refractivity contribution in [1.82, 2.24) is 0 Å². The van der Waals surface area contributed by atoms with Gasteiger partial charge in [-0.25, -0.2) is 0 Å². The average Bonchev–Trinajstić information content (AvgIpc) is 2.19. The van der Waals surface area contributed by atoms with E-state index in [2.05, 4.69) is 0 Å². The van der Waals surface area contributed by atoms with Gasteiger partial charge in [0.1, 0.15) is 0 Å². The summed E-state index contributed by atoms with van der Waals surface area (Å²) in [6, 6.07) is 9.26. The molecule has 0 radical (unpaired) electrons. The lowest BCUT2D eigenvalue weighted by atomic mass is 9.95. The van der Waals surface area contributed by atoms with Gasteiger partial charge in [-0.2, -0.15) is 0 Å². The van der Waals surface area contributed by atoms with Gasteiger partial charge in [0.05, 0.1) is 0 Å². The second-order valence-electron chi connectivity index (χ2n) is 3.02. The molecule has 0 aliphatic carbocycles. The van der Waals surface area contributed by atoms with E-state index in [4.69, 9.17) is 0 Å². The summed E-state index contributed by atoms with van der Waals surface area (Å²) in [5.41, 5.74) is 1.29. The highest BCUT2D eigenvalue weighted by Gasteiger charge is 2.17. The lowest BCUT2D eigenvalue weighted by Gasteiger charge is -2.05. The normalized spacial score (nSPS) is 10.5. The molecule has 0 unspecified atom stereocenters. The van der Waals surface area contributed by atoms with E-state index in [0.717, 1.165) is 5.56 Å². The van der Waals surface area contributed by atoms with Crippen LogP contribution in [0.25, 0.3) is 11.1 Å². The van der Waals surface area contributed by atoms with Crippen molar-refractivity contribution in [2.75, 3.05) is 0 Å². The van der Waals surface area contributed by atoms with Crippen LogP contribution in [0.4, 0.5) is 0 Å². The van der Waals surface area contributed by atoms with Crippen LogP contribution >= 0.6 is 0 Å². The summed E-state index contributed by atoms with van der Waals surface area (Å²) in [7, 11) is 0. The smallest absolute Gasteiger partial charge is 0.234 e. The van der Waals surface area contributed by atoms with Gasteiger partial charge in [-0.05, 0) is 12.5 Å². The zero-order valence-corrected chi connectivity index (χ0v) is 7.20. The van der Waals surface area contributed by atoms with Gasteiger partial charge in [0, 0.05) is 11.1 Å². The maximum absolute atomic E-state index is 11.2. The first-order valence-electron chi connectivity index (χ1n) is 4.07. The van der Waals surface area contributed by atoms with Crippen molar-refractivity contribution in [3.8, 4) is 11.1 Å². The molecule has 0 spiro atoms. The van der Waals surface area contributed by atoms with Gasteiger partial charge in [-0.1, -0.05) is 30.3 Å². The summed E-state index contributed by atoms with van der Waals surface area (Å²) in [5.74, 6) is 0. The number of rotatable bonds is 1. The fourth-order valence-electron chi connectivity index (χ4n) is 1.46. The largest absolute Gasteiger partial charge is 0.285 e. The molecule has 0 saturated heterocycles. The highest BCUT2D eigenvalue weighted by atomic mass is 16.2. The zero-order valence-electron chi connectivity index (χ0n) is 7.20. The van der Waals surface area contributed by atoms with Crippen LogP contribution in [0.3, 0.4) is 0 Å². The molecule has 0 amide bonds. The standard InChI is InChI=1S/C11H8O2/c1-7-9(11(13)10(7)12)8-5-3-2-4-6-8/h2-6H,1H3. The van der Waals surface area contributed by atoms with Gasteiger partial charge >= 0.3 is 0 Å². The topological polar surface area (TPSA) is 34.1 Å². The molecule has 2 heteroatoms. The van der Waals surface area contributed by atoms with Crippen molar-refractivity contribution in [2.24, 2.45) is 0 Å². The van der Waals surface area contributed by atoms with E-state index in [0.29, 0.717) is 11.1 Å². The number of hydrogen-bond donors (Lipinski definition) is 0. The van der Waals surface area contributed by atoms with Crippen molar-refractivity contribution in [1.29, 1.82) is 0 Å². The fraction of sp³-hybridized carbons (Fsp3) is 0.0909. The van der Waals surface area contributed by atoms with Crippen molar-refractivity contribution >= 4 is 0 Å². The van der Waals surface area contributed by atoms with E-state index in [9.17, 15) is 9.59 Å². The summed E-state index contributed by atoms with van der Waals surface area (Å²) in [6.45, 7) is 1.69. The lowest BCUT2D eigenvalue weighted by Crippen LogP contribution is -2.35. The Hall–Kier alpha value is -1.70. The van der Waals surface area contributed by atoms with E-state index in [1.54, 1.807) is 6.92 Å². The average molecular weight is 172 g/mol. The summed E-state index contributed by atoms with van der Waals surface area (Å²) < 4.78 is 0. The minimum absolute atomic E-state index is 0.348. The first-order valence-corrected chi connectivity index (χ1v) is 4.07. The van der Waals surface area contributed by atoms with E-state index < -0.39 is 0 Å². The molecule has 0 aliphatic rings. The van der Waals surface area contributed by atoms with Crippen LogP contribution < -0.4 is 10.9 Å². The molecular weight excluding hydrogens is 164 g/mol. The first kappa shape index (κ1) is 7.92. The summed E-state index contributed by atoms with van der Waals surface area (Å²) in [6.07, 6.45) is 0. The lowest BCUT2D eigenvalue weighted by molar-refractivity contribution is 1.28. The fourth-order valence-corrected chi connectivity index (χ4v) is 1.46. The molecule has 13 heavy (non-hydrogen) atoms. The zero-order chi connectivity index (χ0) is 9.42. The Morgan fingerprint density at radius 3 is 2.08 bits per heavy atom. The third-order valence-electron chi connectivity index (χ3n) is 2.21. The van der Waals surface area contributed by atoms with Crippen molar-refractivity contribution < 1.29 is 0 Å². The summed E-state index contributed by atoms with van der Waals surface area (Å²) in [5, 5.41) is 0. The third kappa shape index (κ3) is 1.03. The molecule has 2 nitrogen and oxygen atoms in total. The highest BCUT2D eigenvalue weighted by molar-refractivity contribution is 5.69. The van der Waals surface area contributed by atoms with Gasteiger partial charge < -0.3 is 0 Å². The Labute approximate surface area is 75.2 Å². The molecule has 2 rings (SSSR count). The quantitative estimate of drug-likeness (QED) is 0.607. The molecule has 0 aliphatic heterocycles. The predicted octanol–water partition coefficient (Wildman–Crippen LogP) is 1.26. The van der Waals surface area contributed by atoms with E-state index in [1.165, 1.54) is 0 Å². The van der Waals surface area contributed by atoms with Crippen molar-refractivity contribution in [3.05, 3.63) is 56.3 Å². The monoisotopic (exact) mass is 172 g/mol. The molecule has 0 bridgehead atoms. The molecule has 0 fully saturated rings. The maximum Gasteiger partial charge on any atom is 0.234 e. The number of hydrogen-bond acceptors (Lipinski definition) is 2. The minimum atomic E-state index is -0.358. The molecule has 2 aromatic carbocycles. The van der Waals surface area contributed by atoms with Gasteiger partial charge in [-0.15, -0.1) is 0 Å². The molecule has 0 aromatic heterocycles. The second kappa shape index (κ2) is 2.66. The Bertz CT molecular complexity index is 502. The van der Waals surface area contributed by atoms with Crippen LogP contribution in [0.2, 0.25) is 0 Å². The van der Waals surface area contributed by atoms with Gasteiger partial charge in [0.25, 0.3) is 0 Å². The van der Waals surface area contributed by atoms with Gasteiger partial charge in [0.15, 0.2) is 0 Å². The Kier molecular flexibility index (Phi) is 1.62. The first-order chi connectivity index (χ1) is 6.22. The Morgan fingerprint density at radius 2 is 1.54 bits per heavy atom. The molecule has 64 valence electrons. The molecule has 0 N–H and O–H groups in total. The van der Waals surface area contributed by atoms with Crippen LogP contribution in [0, 0.1) is 6.92 Å². The summed E-state index contributed by atoms with van der Waals surface area (Å²) >= 11 is 0. The van der Waals surface area contributed by atoms with E-state index in [-0.39, 0.29) is 10.9 Å². The number of benzene rings is 1. The van der Waals surface area contributed by atoms with Crippen LogP contribution in [0.15, 0.2) is 39.9 Å². The molecular formula is C11H8O2. The van der Waals surface area contributed by atoms with Gasteiger partial charge in [-0.3, -0.25) is 9.59 Å². The van der Waals surface area contributed by atoms with Crippen LogP contribution in [-0.2, 0) is 0 Å². The Balaban J connectivity index is 2.63. The molecule has 2 aromatic rings. The van der Waals surface area contributed by atoms with Crippen LogP contribution in [-0.4, -0.2) is 0 Å². The van der Waals surface area contributed by atoms with Crippen molar-refractivity contribution in [2.45, 2.75) is 6.92 Å². The van der Waals surface area contributed by atoms with Gasteiger partial charge in [0.2, 0.25) is 10.9 Å². The third-order valence-corrected chi connectivity index (χ3v) is 2.21. The maximum atomic E-state index is 11.2. The Morgan fingerprint density at radius 1 is 0.923 bits per heavy atom. The highest BCUT2D eigenvalue weighted by Crippen LogP contribution is 2.17.